The molecule has 0 spiro atoms. The molecule has 1 aliphatic rings. The van der Waals surface area contributed by atoms with E-state index < -0.39 is 0 Å². The van der Waals surface area contributed by atoms with Crippen molar-refractivity contribution in [2.24, 2.45) is 0 Å². The van der Waals surface area contributed by atoms with E-state index in [1.165, 1.54) is 0 Å². The van der Waals surface area contributed by atoms with Gasteiger partial charge in [-0.3, -0.25) is 4.79 Å². The van der Waals surface area contributed by atoms with Crippen LogP contribution in [-0.4, -0.2) is 18.0 Å². The summed E-state index contributed by atoms with van der Waals surface area (Å²) in [5.41, 5.74) is 1.51. The van der Waals surface area contributed by atoms with E-state index in [-0.39, 0.29) is 12.1 Å². The minimum absolute atomic E-state index is 0.123. The number of carbonyl (C=O) groups excluding carboxylic acids is 1. The number of hydrogen-bond acceptors (Lipinski definition) is 4. The van der Waals surface area contributed by atoms with Crippen LogP contribution >= 0.6 is 0 Å². The minimum Gasteiger partial charge on any atom is -0.497 e. The molecule has 2 heterocycles. The summed E-state index contributed by atoms with van der Waals surface area (Å²) in [5.74, 6) is 1.26. The molecule has 0 saturated heterocycles. The highest BCUT2D eigenvalue weighted by molar-refractivity contribution is 6.00. The zero-order chi connectivity index (χ0) is 13.2. The van der Waals surface area contributed by atoms with Crippen molar-refractivity contribution in [1.82, 2.24) is 10.3 Å². The van der Waals surface area contributed by atoms with Gasteiger partial charge in [0.15, 0.2) is 0 Å². The number of amides is 1. The van der Waals surface area contributed by atoms with Crippen LogP contribution in [0.1, 0.15) is 22.1 Å². The van der Waals surface area contributed by atoms with Crippen LogP contribution in [0.25, 0.3) is 0 Å². The second kappa shape index (κ2) is 4.61. The summed E-state index contributed by atoms with van der Waals surface area (Å²) in [5, 5.41) is 6.09. The Morgan fingerprint density at radius 1 is 1.16 bits per heavy atom. The Bertz CT molecular complexity index is 610. The summed E-state index contributed by atoms with van der Waals surface area (Å²) in [7, 11) is 1.62. The molecule has 1 atom stereocenters. The summed E-state index contributed by atoms with van der Waals surface area (Å²) < 4.78 is 5.11. The third kappa shape index (κ3) is 2.10. The lowest BCUT2D eigenvalue weighted by molar-refractivity contribution is 0.0935. The molecule has 5 nitrogen and oxygen atoms in total. The van der Waals surface area contributed by atoms with Crippen molar-refractivity contribution in [3.8, 4) is 5.75 Å². The van der Waals surface area contributed by atoms with E-state index in [0.29, 0.717) is 11.4 Å². The number of nitrogens with zero attached hydrogens (tertiary/aromatic N) is 1. The summed E-state index contributed by atoms with van der Waals surface area (Å²) in [6.45, 7) is 0. The second-order valence-corrected chi connectivity index (χ2v) is 4.22. The molecular weight excluding hydrogens is 242 g/mol. The number of pyridine rings is 1. The molecule has 1 aliphatic heterocycles. The maximum Gasteiger partial charge on any atom is 0.256 e. The number of nitrogens with one attached hydrogen (secondary N) is 2. The number of fused-ring (bicyclic) bond motifs is 1. The van der Waals surface area contributed by atoms with Crippen molar-refractivity contribution >= 4 is 11.7 Å². The number of aromatic nitrogens is 1. The van der Waals surface area contributed by atoms with Crippen LogP contribution in [-0.2, 0) is 0 Å². The first kappa shape index (κ1) is 11.5. The first-order valence-corrected chi connectivity index (χ1v) is 5.94. The lowest BCUT2D eigenvalue weighted by Crippen LogP contribution is -2.38. The van der Waals surface area contributed by atoms with Crippen LogP contribution in [0.3, 0.4) is 0 Å². The van der Waals surface area contributed by atoms with Gasteiger partial charge in [-0.2, -0.15) is 0 Å². The van der Waals surface area contributed by atoms with E-state index in [4.69, 9.17) is 4.74 Å². The zero-order valence-electron chi connectivity index (χ0n) is 10.4. The maximum absolute atomic E-state index is 12.0. The molecule has 2 aromatic rings. The van der Waals surface area contributed by atoms with Gasteiger partial charge in [-0.15, -0.1) is 0 Å². The van der Waals surface area contributed by atoms with Gasteiger partial charge in [-0.25, -0.2) is 4.98 Å². The molecule has 0 saturated carbocycles. The van der Waals surface area contributed by atoms with Crippen molar-refractivity contribution in [2.75, 3.05) is 12.4 Å². The van der Waals surface area contributed by atoms with Gasteiger partial charge in [0.05, 0.1) is 12.7 Å². The highest BCUT2D eigenvalue weighted by atomic mass is 16.5. The standard InChI is InChI=1S/C14H13N3O2/c1-19-10-6-4-9(5-7-10)12-16-13-11(14(18)17-12)3-2-8-15-13/h2-8,12H,1H3,(H,15,16)(H,17,18)/t12-/m1/s1. The molecule has 0 aliphatic carbocycles. The molecule has 1 aromatic carbocycles. The number of methoxy groups -OCH3 is 1. The van der Waals surface area contributed by atoms with Crippen molar-refractivity contribution in [1.29, 1.82) is 0 Å². The van der Waals surface area contributed by atoms with Crippen LogP contribution in [0.5, 0.6) is 5.75 Å². The summed E-state index contributed by atoms with van der Waals surface area (Å²) in [6.07, 6.45) is 1.39. The van der Waals surface area contributed by atoms with Crippen molar-refractivity contribution < 1.29 is 9.53 Å². The Balaban J connectivity index is 1.90. The predicted molar refractivity (Wildman–Crippen MR) is 71.1 cm³/mol. The number of hydrogen-bond donors (Lipinski definition) is 2. The van der Waals surface area contributed by atoms with Gasteiger partial charge in [-0.1, -0.05) is 12.1 Å². The molecule has 96 valence electrons. The SMILES string of the molecule is COc1ccc([C@H]2NC(=O)c3cccnc3N2)cc1. The molecule has 5 heteroatoms. The van der Waals surface area contributed by atoms with Gasteiger partial charge < -0.3 is 15.4 Å². The fourth-order valence-electron chi connectivity index (χ4n) is 2.05. The Hall–Kier alpha value is -2.56. The topological polar surface area (TPSA) is 63.2 Å². The molecule has 3 rings (SSSR count). The molecule has 0 bridgehead atoms. The Morgan fingerprint density at radius 2 is 1.95 bits per heavy atom. The Kier molecular flexibility index (Phi) is 2.79. The molecule has 1 amide bonds. The average molecular weight is 255 g/mol. The van der Waals surface area contributed by atoms with Gasteiger partial charge in [-0.05, 0) is 29.8 Å². The molecule has 1 aromatic heterocycles. The summed E-state index contributed by atoms with van der Waals surface area (Å²) in [4.78, 5) is 16.2. The Morgan fingerprint density at radius 3 is 2.68 bits per heavy atom. The van der Waals surface area contributed by atoms with E-state index in [2.05, 4.69) is 15.6 Å². The van der Waals surface area contributed by atoms with Gasteiger partial charge in [0.1, 0.15) is 17.7 Å². The van der Waals surface area contributed by atoms with Crippen LogP contribution in [0.2, 0.25) is 0 Å². The van der Waals surface area contributed by atoms with Gasteiger partial charge in [0.25, 0.3) is 5.91 Å². The van der Waals surface area contributed by atoms with E-state index >= 15 is 0 Å². The first-order chi connectivity index (χ1) is 9.28. The number of anilines is 1. The van der Waals surface area contributed by atoms with E-state index in [1.54, 1.807) is 25.4 Å². The largest absolute Gasteiger partial charge is 0.497 e. The van der Waals surface area contributed by atoms with E-state index in [0.717, 1.165) is 11.3 Å². The number of benzene rings is 1. The number of carbonyl (C=O) groups is 1. The van der Waals surface area contributed by atoms with E-state index in [9.17, 15) is 4.79 Å². The number of ether oxygens (including phenoxy) is 1. The lowest BCUT2D eigenvalue weighted by Gasteiger charge is -2.27. The molecule has 19 heavy (non-hydrogen) atoms. The van der Waals surface area contributed by atoms with Gasteiger partial charge in [0, 0.05) is 6.20 Å². The fraction of sp³-hybridized carbons (Fsp3) is 0.143. The first-order valence-electron chi connectivity index (χ1n) is 5.94. The Labute approximate surface area is 110 Å². The smallest absolute Gasteiger partial charge is 0.256 e. The molecule has 2 N–H and O–H groups in total. The highest BCUT2D eigenvalue weighted by Gasteiger charge is 2.24. The third-order valence-electron chi connectivity index (χ3n) is 3.06. The normalized spacial score (nSPS) is 17.1. The average Bonchev–Trinajstić information content (AvgIpc) is 2.47. The highest BCUT2D eigenvalue weighted by Crippen LogP contribution is 2.25. The second-order valence-electron chi connectivity index (χ2n) is 4.22. The molecule has 0 fully saturated rings. The van der Waals surface area contributed by atoms with Crippen molar-refractivity contribution in [2.45, 2.75) is 6.17 Å². The van der Waals surface area contributed by atoms with E-state index in [1.807, 2.05) is 24.3 Å². The van der Waals surface area contributed by atoms with Crippen LogP contribution in [0.15, 0.2) is 42.6 Å². The summed E-state index contributed by atoms with van der Waals surface area (Å²) >= 11 is 0. The fourth-order valence-corrected chi connectivity index (χ4v) is 2.05. The molecule has 0 unspecified atom stereocenters. The van der Waals surface area contributed by atoms with Gasteiger partial charge >= 0.3 is 0 Å². The van der Waals surface area contributed by atoms with Crippen molar-refractivity contribution in [3.63, 3.8) is 0 Å². The lowest BCUT2D eigenvalue weighted by atomic mass is 10.1. The van der Waals surface area contributed by atoms with Crippen LogP contribution in [0, 0.1) is 0 Å². The molecular formula is C14H13N3O2. The van der Waals surface area contributed by atoms with Gasteiger partial charge in [0.2, 0.25) is 0 Å². The van der Waals surface area contributed by atoms with Crippen LogP contribution < -0.4 is 15.4 Å². The predicted octanol–water partition coefficient (Wildman–Crippen LogP) is 1.94. The third-order valence-corrected chi connectivity index (χ3v) is 3.06. The summed E-state index contributed by atoms with van der Waals surface area (Å²) in [6, 6.07) is 11.0. The zero-order valence-corrected chi connectivity index (χ0v) is 10.4. The number of rotatable bonds is 2. The van der Waals surface area contributed by atoms with Crippen LogP contribution in [0.4, 0.5) is 5.82 Å². The quantitative estimate of drug-likeness (QED) is 0.861. The molecule has 0 radical (unpaired) electrons. The maximum atomic E-state index is 12.0. The monoisotopic (exact) mass is 255 g/mol. The minimum atomic E-state index is -0.277. The van der Waals surface area contributed by atoms with Crippen molar-refractivity contribution in [3.05, 3.63) is 53.7 Å².